The Kier molecular flexibility index (Phi) is 4.78. The van der Waals surface area contributed by atoms with Crippen molar-refractivity contribution in [2.24, 2.45) is 0 Å². The molecule has 0 unspecified atom stereocenters. The standard InChI is InChI=1S/C11H16NO2S/c1-2-3-7-10-12-15(13,14)11-8-5-4-6-9-11/h4-6,8,12H,2-3,7,10H2,1H3. The molecule has 1 aromatic rings. The van der Waals surface area contributed by atoms with Crippen molar-refractivity contribution < 1.29 is 8.42 Å². The van der Waals surface area contributed by atoms with Crippen molar-refractivity contribution >= 4 is 10.0 Å². The maximum absolute atomic E-state index is 11.7. The van der Waals surface area contributed by atoms with Crippen LogP contribution in [0.3, 0.4) is 0 Å². The molecule has 1 rings (SSSR count). The molecule has 0 amide bonds. The van der Waals surface area contributed by atoms with Gasteiger partial charge in [-0.25, -0.2) is 13.1 Å². The van der Waals surface area contributed by atoms with Crippen LogP contribution in [0.1, 0.15) is 26.2 Å². The Morgan fingerprint density at radius 2 is 2.13 bits per heavy atom. The summed E-state index contributed by atoms with van der Waals surface area (Å²) in [4.78, 5) is 0.210. The van der Waals surface area contributed by atoms with Crippen LogP contribution in [0.25, 0.3) is 0 Å². The number of hydrogen-bond acceptors (Lipinski definition) is 2. The Morgan fingerprint density at radius 3 is 2.73 bits per heavy atom. The van der Waals surface area contributed by atoms with Gasteiger partial charge in [-0.3, -0.25) is 0 Å². The number of hydrogen-bond donors (Lipinski definition) is 1. The highest BCUT2D eigenvalue weighted by molar-refractivity contribution is 7.89. The Hall–Kier alpha value is -0.870. The molecule has 83 valence electrons. The summed E-state index contributed by atoms with van der Waals surface area (Å²) in [6, 6.07) is 9.28. The average molecular weight is 226 g/mol. The number of rotatable bonds is 6. The maximum atomic E-state index is 11.7. The minimum atomic E-state index is -3.35. The van der Waals surface area contributed by atoms with Gasteiger partial charge in [-0.05, 0) is 12.5 Å². The van der Waals surface area contributed by atoms with Crippen LogP contribution in [0.2, 0.25) is 0 Å². The van der Waals surface area contributed by atoms with E-state index >= 15 is 0 Å². The van der Waals surface area contributed by atoms with Gasteiger partial charge >= 0.3 is 0 Å². The van der Waals surface area contributed by atoms with Crippen LogP contribution in [0, 0.1) is 6.07 Å². The van der Waals surface area contributed by atoms with Gasteiger partial charge in [0.05, 0.1) is 4.90 Å². The zero-order valence-corrected chi connectivity index (χ0v) is 9.68. The molecular formula is C11H16NO2S. The van der Waals surface area contributed by atoms with Crippen LogP contribution in [0.4, 0.5) is 0 Å². The van der Waals surface area contributed by atoms with Gasteiger partial charge in [0.15, 0.2) is 0 Å². The van der Waals surface area contributed by atoms with Gasteiger partial charge in [0, 0.05) is 12.6 Å². The molecule has 1 radical (unpaired) electrons. The Balaban J connectivity index is 2.53. The SMILES string of the molecule is CCCCCNS(=O)(=O)c1[c]cccc1. The van der Waals surface area contributed by atoms with E-state index < -0.39 is 10.0 Å². The van der Waals surface area contributed by atoms with E-state index in [4.69, 9.17) is 0 Å². The quantitative estimate of drug-likeness (QED) is 0.754. The first-order valence-corrected chi connectivity index (χ1v) is 6.61. The average Bonchev–Trinajstić information content (AvgIpc) is 2.26. The van der Waals surface area contributed by atoms with Crippen molar-refractivity contribution in [2.45, 2.75) is 31.1 Å². The van der Waals surface area contributed by atoms with Crippen molar-refractivity contribution in [3.05, 3.63) is 30.3 Å². The summed E-state index contributed by atoms with van der Waals surface area (Å²) in [6.45, 7) is 2.58. The van der Waals surface area contributed by atoms with E-state index in [0.29, 0.717) is 6.54 Å². The summed E-state index contributed by atoms with van der Waals surface area (Å²) in [5.41, 5.74) is 0. The smallest absolute Gasteiger partial charge is 0.211 e. The fourth-order valence-electron chi connectivity index (χ4n) is 1.20. The molecule has 0 atom stereocenters. The summed E-state index contributed by atoms with van der Waals surface area (Å²) < 4.78 is 25.9. The maximum Gasteiger partial charge on any atom is 0.241 e. The fourth-order valence-corrected chi connectivity index (χ4v) is 2.25. The van der Waals surface area contributed by atoms with Crippen LogP contribution in [-0.4, -0.2) is 15.0 Å². The van der Waals surface area contributed by atoms with Gasteiger partial charge in [0.1, 0.15) is 0 Å². The molecule has 0 fully saturated rings. The second kappa shape index (κ2) is 5.88. The fraction of sp³-hybridized carbons (Fsp3) is 0.455. The third-order valence-corrected chi connectivity index (χ3v) is 3.46. The summed E-state index contributed by atoms with van der Waals surface area (Å²) in [7, 11) is -3.35. The lowest BCUT2D eigenvalue weighted by Gasteiger charge is -2.05. The monoisotopic (exact) mass is 226 g/mol. The minimum Gasteiger partial charge on any atom is -0.211 e. The van der Waals surface area contributed by atoms with Crippen molar-refractivity contribution in [3.8, 4) is 0 Å². The molecule has 3 nitrogen and oxygen atoms in total. The Labute approximate surface area is 91.6 Å². The minimum absolute atomic E-state index is 0.210. The molecule has 1 aromatic carbocycles. The first-order valence-electron chi connectivity index (χ1n) is 5.13. The van der Waals surface area contributed by atoms with Crippen LogP contribution in [0.5, 0.6) is 0 Å². The third-order valence-electron chi connectivity index (χ3n) is 2.04. The number of sulfonamides is 1. The zero-order chi connectivity index (χ0) is 11.1. The molecule has 4 heteroatoms. The normalized spacial score (nSPS) is 11.5. The van der Waals surface area contributed by atoms with Crippen LogP contribution < -0.4 is 4.72 Å². The summed E-state index contributed by atoms with van der Waals surface area (Å²) in [6.07, 6.45) is 3.00. The van der Waals surface area contributed by atoms with Gasteiger partial charge in [0.25, 0.3) is 0 Å². The summed E-state index contributed by atoms with van der Waals surface area (Å²) in [5.74, 6) is 0. The molecule has 0 aliphatic rings. The Morgan fingerprint density at radius 1 is 1.33 bits per heavy atom. The molecular weight excluding hydrogens is 210 g/mol. The highest BCUT2D eigenvalue weighted by atomic mass is 32.2. The zero-order valence-electron chi connectivity index (χ0n) is 8.86. The number of unbranched alkanes of at least 4 members (excludes halogenated alkanes) is 2. The lowest BCUT2D eigenvalue weighted by Crippen LogP contribution is -2.24. The lowest BCUT2D eigenvalue weighted by atomic mass is 10.3. The van der Waals surface area contributed by atoms with Crippen molar-refractivity contribution in [2.75, 3.05) is 6.54 Å². The Bertz CT molecular complexity index is 373. The largest absolute Gasteiger partial charge is 0.241 e. The van der Waals surface area contributed by atoms with Gasteiger partial charge in [-0.1, -0.05) is 38.0 Å². The topological polar surface area (TPSA) is 46.2 Å². The van der Waals surface area contributed by atoms with Crippen molar-refractivity contribution in [3.63, 3.8) is 0 Å². The summed E-state index contributed by atoms with van der Waals surface area (Å²) in [5, 5.41) is 0. The third kappa shape index (κ3) is 4.01. The highest BCUT2D eigenvalue weighted by Gasteiger charge is 2.11. The molecule has 0 saturated heterocycles. The second-order valence-electron chi connectivity index (χ2n) is 3.33. The lowest BCUT2D eigenvalue weighted by molar-refractivity contribution is 0.576. The molecule has 0 aliphatic heterocycles. The molecule has 0 aliphatic carbocycles. The van der Waals surface area contributed by atoms with Crippen molar-refractivity contribution in [1.29, 1.82) is 0 Å². The highest BCUT2D eigenvalue weighted by Crippen LogP contribution is 2.06. The molecule has 0 saturated carbocycles. The predicted molar refractivity (Wildman–Crippen MR) is 60.0 cm³/mol. The molecule has 0 spiro atoms. The van der Waals surface area contributed by atoms with E-state index in [1.54, 1.807) is 24.3 Å². The van der Waals surface area contributed by atoms with Gasteiger partial charge in [-0.15, -0.1) is 0 Å². The first-order chi connectivity index (χ1) is 7.17. The molecule has 0 aromatic heterocycles. The summed E-state index contributed by atoms with van der Waals surface area (Å²) >= 11 is 0. The predicted octanol–water partition coefficient (Wildman–Crippen LogP) is 1.96. The molecule has 15 heavy (non-hydrogen) atoms. The van der Waals surface area contributed by atoms with E-state index in [0.717, 1.165) is 19.3 Å². The van der Waals surface area contributed by atoms with Gasteiger partial charge in [0.2, 0.25) is 10.0 Å². The van der Waals surface area contributed by atoms with Gasteiger partial charge < -0.3 is 0 Å². The van der Waals surface area contributed by atoms with E-state index in [-0.39, 0.29) is 4.90 Å². The van der Waals surface area contributed by atoms with Gasteiger partial charge in [-0.2, -0.15) is 0 Å². The van der Waals surface area contributed by atoms with Crippen molar-refractivity contribution in [1.82, 2.24) is 4.72 Å². The molecule has 1 N–H and O–H groups in total. The first kappa shape index (κ1) is 12.2. The van der Waals surface area contributed by atoms with E-state index in [9.17, 15) is 8.42 Å². The molecule has 0 bridgehead atoms. The van der Waals surface area contributed by atoms with Crippen LogP contribution in [-0.2, 0) is 10.0 Å². The van der Waals surface area contributed by atoms with E-state index in [2.05, 4.69) is 17.7 Å². The van der Waals surface area contributed by atoms with Crippen LogP contribution in [0.15, 0.2) is 29.2 Å². The molecule has 0 heterocycles. The van der Waals surface area contributed by atoms with E-state index in [1.807, 2.05) is 0 Å². The second-order valence-corrected chi connectivity index (χ2v) is 5.07. The van der Waals surface area contributed by atoms with E-state index in [1.165, 1.54) is 0 Å². The number of benzene rings is 1. The van der Waals surface area contributed by atoms with Crippen LogP contribution >= 0.6 is 0 Å². The number of nitrogens with one attached hydrogen (secondary N) is 1.